The number of methoxy groups -OCH3 is 1. The Kier molecular flexibility index (Phi) is 5.74. The second-order valence-electron chi connectivity index (χ2n) is 3.47. The Morgan fingerprint density at radius 1 is 1.38 bits per heavy atom. The minimum atomic E-state index is 0.702. The number of nitrogens with one attached hydrogen (secondary N) is 1. The molecule has 0 atom stereocenters. The van der Waals surface area contributed by atoms with Crippen LogP contribution in [-0.4, -0.2) is 43.8 Å². The van der Waals surface area contributed by atoms with E-state index < -0.39 is 0 Å². The van der Waals surface area contributed by atoms with Gasteiger partial charge in [0.25, 0.3) is 0 Å². The highest BCUT2D eigenvalue weighted by molar-refractivity contribution is 5.35. The quantitative estimate of drug-likeness (QED) is 0.737. The molecule has 0 saturated carbocycles. The molecule has 0 radical (unpaired) electrons. The normalized spacial score (nSPS) is 10.4. The van der Waals surface area contributed by atoms with Crippen LogP contribution in [0.4, 0.5) is 5.82 Å². The van der Waals surface area contributed by atoms with Crippen LogP contribution >= 0.6 is 0 Å². The third kappa shape index (κ3) is 3.75. The molecule has 1 rings (SSSR count). The van der Waals surface area contributed by atoms with E-state index in [2.05, 4.69) is 27.1 Å². The van der Waals surface area contributed by atoms with Gasteiger partial charge in [-0.25, -0.2) is 4.98 Å². The molecule has 0 unspecified atom stereocenters. The van der Waals surface area contributed by atoms with Crippen molar-refractivity contribution >= 4 is 5.82 Å². The molecule has 0 aliphatic heterocycles. The van der Waals surface area contributed by atoms with Crippen LogP contribution in [0.2, 0.25) is 0 Å². The van der Waals surface area contributed by atoms with Gasteiger partial charge < -0.3 is 15.0 Å². The van der Waals surface area contributed by atoms with E-state index in [9.17, 15) is 0 Å². The first kappa shape index (κ1) is 12.9. The van der Waals surface area contributed by atoms with Gasteiger partial charge in [0.2, 0.25) is 0 Å². The van der Waals surface area contributed by atoms with E-state index in [0.29, 0.717) is 6.61 Å². The number of aromatic nitrogens is 2. The number of rotatable bonds is 7. The van der Waals surface area contributed by atoms with Crippen molar-refractivity contribution in [1.82, 2.24) is 15.3 Å². The zero-order valence-corrected chi connectivity index (χ0v) is 10.2. The lowest BCUT2D eigenvalue weighted by atomic mass is 10.4. The molecule has 5 heteroatoms. The van der Waals surface area contributed by atoms with E-state index >= 15 is 0 Å². The number of likely N-dealkylation sites (N-methyl/N-ethyl adjacent to an activating group) is 1. The molecule has 1 N–H and O–H groups in total. The molecule has 90 valence electrons. The summed E-state index contributed by atoms with van der Waals surface area (Å²) in [6.45, 7) is 5.29. The molecule has 0 aromatic carbocycles. The maximum absolute atomic E-state index is 5.06. The van der Waals surface area contributed by atoms with Crippen molar-refractivity contribution in [3.8, 4) is 0 Å². The van der Waals surface area contributed by atoms with Crippen LogP contribution in [0.5, 0.6) is 0 Å². The first-order chi connectivity index (χ1) is 7.81. The summed E-state index contributed by atoms with van der Waals surface area (Å²) in [5.74, 6) is 0.902. The second kappa shape index (κ2) is 7.14. The van der Waals surface area contributed by atoms with E-state index in [-0.39, 0.29) is 0 Å². The van der Waals surface area contributed by atoms with Crippen LogP contribution < -0.4 is 10.2 Å². The van der Waals surface area contributed by atoms with Gasteiger partial charge in [0.05, 0.1) is 24.7 Å². The average molecular weight is 224 g/mol. The monoisotopic (exact) mass is 224 g/mol. The van der Waals surface area contributed by atoms with E-state index in [0.717, 1.165) is 31.1 Å². The molecule has 0 aliphatic rings. The third-order valence-corrected chi connectivity index (χ3v) is 2.32. The molecule has 1 heterocycles. The lowest BCUT2D eigenvalue weighted by Gasteiger charge is -2.20. The van der Waals surface area contributed by atoms with Crippen LogP contribution in [0.1, 0.15) is 12.6 Å². The lowest BCUT2D eigenvalue weighted by molar-refractivity contribution is 0.205. The summed E-state index contributed by atoms with van der Waals surface area (Å²) in [5, 5.41) is 3.04. The summed E-state index contributed by atoms with van der Waals surface area (Å²) in [6, 6.07) is 0. The molecule has 5 nitrogen and oxygen atoms in total. The molecule has 0 spiro atoms. The Morgan fingerprint density at radius 2 is 2.19 bits per heavy atom. The Labute approximate surface area is 96.8 Å². The van der Waals surface area contributed by atoms with Crippen molar-refractivity contribution in [1.29, 1.82) is 0 Å². The van der Waals surface area contributed by atoms with Gasteiger partial charge in [0, 0.05) is 26.7 Å². The minimum Gasteiger partial charge on any atom is -0.383 e. The van der Waals surface area contributed by atoms with Crippen LogP contribution in [0.25, 0.3) is 0 Å². The van der Waals surface area contributed by atoms with Crippen LogP contribution in [0.3, 0.4) is 0 Å². The first-order valence-corrected chi connectivity index (χ1v) is 5.51. The topological polar surface area (TPSA) is 50.3 Å². The number of ether oxygens (including phenoxy) is 1. The lowest BCUT2D eigenvalue weighted by Crippen LogP contribution is -2.27. The Balaban J connectivity index is 2.62. The van der Waals surface area contributed by atoms with Crippen molar-refractivity contribution in [3.05, 3.63) is 18.1 Å². The van der Waals surface area contributed by atoms with Crippen molar-refractivity contribution in [2.45, 2.75) is 13.5 Å². The van der Waals surface area contributed by atoms with Crippen molar-refractivity contribution in [2.75, 3.05) is 38.8 Å². The molecule has 16 heavy (non-hydrogen) atoms. The summed E-state index contributed by atoms with van der Waals surface area (Å²) >= 11 is 0. The van der Waals surface area contributed by atoms with Gasteiger partial charge in [-0.3, -0.25) is 4.98 Å². The largest absolute Gasteiger partial charge is 0.383 e. The molecular formula is C11H20N4O. The molecule has 1 aromatic heterocycles. The summed E-state index contributed by atoms with van der Waals surface area (Å²) in [7, 11) is 3.60. The molecule has 0 fully saturated rings. The highest BCUT2D eigenvalue weighted by Gasteiger charge is 2.05. The highest BCUT2D eigenvalue weighted by atomic mass is 16.5. The molecular weight excluding hydrogens is 204 g/mol. The predicted molar refractivity (Wildman–Crippen MR) is 64.6 cm³/mol. The van der Waals surface area contributed by atoms with Crippen LogP contribution in [0.15, 0.2) is 12.4 Å². The van der Waals surface area contributed by atoms with Gasteiger partial charge in [0.1, 0.15) is 5.82 Å². The number of anilines is 1. The van der Waals surface area contributed by atoms with Crippen LogP contribution in [-0.2, 0) is 11.3 Å². The van der Waals surface area contributed by atoms with E-state index in [1.807, 2.05) is 13.2 Å². The van der Waals surface area contributed by atoms with Crippen molar-refractivity contribution < 1.29 is 4.74 Å². The zero-order chi connectivity index (χ0) is 11.8. The van der Waals surface area contributed by atoms with Gasteiger partial charge >= 0.3 is 0 Å². The van der Waals surface area contributed by atoms with E-state index in [4.69, 9.17) is 4.74 Å². The van der Waals surface area contributed by atoms with Crippen molar-refractivity contribution in [3.63, 3.8) is 0 Å². The molecule has 1 aromatic rings. The maximum atomic E-state index is 5.06. The SMILES string of the molecule is CCN(CCOC)c1cnc(CNC)cn1. The number of hydrogen-bond donors (Lipinski definition) is 1. The highest BCUT2D eigenvalue weighted by Crippen LogP contribution is 2.08. The third-order valence-electron chi connectivity index (χ3n) is 2.32. The standard InChI is InChI=1S/C11H20N4O/c1-4-15(5-6-16-3)11-9-13-10(7-12-2)8-14-11/h8-9,12H,4-7H2,1-3H3. The Morgan fingerprint density at radius 3 is 2.69 bits per heavy atom. The van der Waals surface area contributed by atoms with E-state index in [1.54, 1.807) is 13.3 Å². The van der Waals surface area contributed by atoms with Crippen LogP contribution in [0, 0.1) is 0 Å². The molecule has 0 amide bonds. The summed E-state index contributed by atoms with van der Waals surface area (Å²) in [5.41, 5.74) is 0.953. The molecule has 0 aliphatic carbocycles. The van der Waals surface area contributed by atoms with Gasteiger partial charge in [-0.05, 0) is 14.0 Å². The average Bonchev–Trinajstić information content (AvgIpc) is 2.32. The van der Waals surface area contributed by atoms with Gasteiger partial charge in [-0.15, -0.1) is 0 Å². The van der Waals surface area contributed by atoms with E-state index in [1.165, 1.54) is 0 Å². The smallest absolute Gasteiger partial charge is 0.147 e. The number of hydrogen-bond acceptors (Lipinski definition) is 5. The number of nitrogens with zero attached hydrogens (tertiary/aromatic N) is 3. The molecule has 0 saturated heterocycles. The maximum Gasteiger partial charge on any atom is 0.147 e. The van der Waals surface area contributed by atoms with Gasteiger partial charge in [-0.1, -0.05) is 0 Å². The van der Waals surface area contributed by atoms with Crippen molar-refractivity contribution in [2.24, 2.45) is 0 Å². The van der Waals surface area contributed by atoms with Gasteiger partial charge in [0.15, 0.2) is 0 Å². The van der Waals surface area contributed by atoms with Gasteiger partial charge in [-0.2, -0.15) is 0 Å². The Bertz CT molecular complexity index is 289. The molecule has 0 bridgehead atoms. The second-order valence-corrected chi connectivity index (χ2v) is 3.47. The predicted octanol–water partition coefficient (Wildman–Crippen LogP) is 0.669. The fourth-order valence-corrected chi connectivity index (χ4v) is 1.42. The summed E-state index contributed by atoms with van der Waals surface area (Å²) in [6.07, 6.45) is 3.62. The summed E-state index contributed by atoms with van der Waals surface area (Å²) < 4.78 is 5.06. The first-order valence-electron chi connectivity index (χ1n) is 5.51. The Hall–Kier alpha value is -1.20. The fraction of sp³-hybridized carbons (Fsp3) is 0.636. The fourth-order valence-electron chi connectivity index (χ4n) is 1.42. The minimum absolute atomic E-state index is 0.702. The zero-order valence-electron chi connectivity index (χ0n) is 10.2. The summed E-state index contributed by atoms with van der Waals surface area (Å²) in [4.78, 5) is 10.9.